The first-order valence-corrected chi connectivity index (χ1v) is 18.0. The highest BCUT2D eigenvalue weighted by Crippen LogP contribution is 2.35. The maximum atomic E-state index is 13.1. The number of piperidine rings is 1. The van der Waals surface area contributed by atoms with E-state index in [0.717, 1.165) is 57.6 Å². The Morgan fingerprint density at radius 1 is 1.04 bits per heavy atom. The number of hydrogen-bond acceptors (Lipinski definition) is 8. The maximum Gasteiger partial charge on any atom is 0.255 e. The van der Waals surface area contributed by atoms with Crippen molar-refractivity contribution in [1.29, 1.82) is 0 Å². The molecule has 14 nitrogen and oxygen atoms in total. The summed E-state index contributed by atoms with van der Waals surface area (Å²) < 4.78 is 3.79. The Morgan fingerprint density at radius 2 is 1.87 bits per heavy atom. The van der Waals surface area contributed by atoms with Gasteiger partial charge in [-0.1, -0.05) is 43.0 Å². The van der Waals surface area contributed by atoms with Crippen molar-refractivity contribution in [2.24, 2.45) is 0 Å². The number of aryl methyl sites for hydroxylation is 1. The van der Waals surface area contributed by atoms with Crippen LogP contribution in [0.15, 0.2) is 61.1 Å². The van der Waals surface area contributed by atoms with E-state index < -0.39 is 11.9 Å². The Morgan fingerprint density at radius 3 is 2.69 bits per heavy atom. The molecule has 0 radical (unpaired) electrons. The topological polar surface area (TPSA) is 164 Å². The second-order valence-electron chi connectivity index (χ2n) is 13.6. The van der Waals surface area contributed by atoms with Crippen molar-refractivity contribution in [3.63, 3.8) is 0 Å². The molecule has 0 spiro atoms. The Kier molecular flexibility index (Phi) is 8.98. The molecule has 2 aromatic carbocycles. The molecule has 14 heteroatoms. The first kappa shape index (κ1) is 34.5. The summed E-state index contributed by atoms with van der Waals surface area (Å²) >= 11 is 0. The molecule has 2 N–H and O–H groups in total. The molecule has 3 aliphatic rings. The zero-order chi connectivity index (χ0) is 37.5. The highest BCUT2D eigenvalue weighted by atomic mass is 16.2. The van der Waals surface area contributed by atoms with Gasteiger partial charge in [-0.2, -0.15) is 5.10 Å². The number of carbonyl (C=O) groups is 5. The molecule has 0 bridgehead atoms. The third-order valence-corrected chi connectivity index (χ3v) is 10.3. The fourth-order valence-corrected chi connectivity index (χ4v) is 7.50. The summed E-state index contributed by atoms with van der Waals surface area (Å²) in [5.41, 5.74) is 6.21. The largest absolute Gasteiger partial charge is 0.344 e. The van der Waals surface area contributed by atoms with Crippen LogP contribution in [0.5, 0.6) is 0 Å². The van der Waals surface area contributed by atoms with Crippen LogP contribution in [-0.2, 0) is 51.8 Å². The lowest BCUT2D eigenvalue weighted by Crippen LogP contribution is -2.52. The molecule has 1 unspecified atom stereocenters. The molecular formula is C40H37N9O5. The van der Waals surface area contributed by atoms with Crippen LogP contribution in [-0.4, -0.2) is 82.8 Å². The minimum atomic E-state index is -0.704. The molecule has 5 aromatic rings. The summed E-state index contributed by atoms with van der Waals surface area (Å²) in [4.78, 5) is 75.2. The minimum absolute atomic E-state index is 0.0158. The van der Waals surface area contributed by atoms with Crippen LogP contribution in [0.4, 0.5) is 0 Å². The fraction of sp³-hybridized carbons (Fsp3) is 0.300. The van der Waals surface area contributed by atoms with Crippen molar-refractivity contribution >= 4 is 40.3 Å². The monoisotopic (exact) mass is 723 g/mol. The minimum Gasteiger partial charge on any atom is -0.344 e. The van der Waals surface area contributed by atoms with Crippen LogP contribution >= 0.6 is 0 Å². The molecule has 1 saturated heterocycles. The molecule has 272 valence electrons. The predicted octanol–water partition coefficient (Wildman–Crippen LogP) is 2.82. The number of benzene rings is 2. The molecule has 1 atom stereocenters. The van der Waals surface area contributed by atoms with Gasteiger partial charge in [-0.05, 0) is 35.6 Å². The molecule has 8 rings (SSSR count). The molecule has 0 saturated carbocycles. The van der Waals surface area contributed by atoms with Crippen molar-refractivity contribution in [3.8, 4) is 34.4 Å². The molecular weight excluding hydrogens is 686 g/mol. The number of carbonyl (C=O) groups excluding carboxylic acids is 5. The number of amides is 5. The average Bonchev–Trinajstić information content (AvgIpc) is 3.88. The normalized spacial score (nSPS) is 16.5. The zero-order valence-corrected chi connectivity index (χ0v) is 29.9. The van der Waals surface area contributed by atoms with Crippen LogP contribution in [0.1, 0.15) is 59.7 Å². The lowest BCUT2D eigenvalue weighted by Gasteiger charge is -2.29. The smallest absolute Gasteiger partial charge is 0.255 e. The van der Waals surface area contributed by atoms with Gasteiger partial charge in [0, 0.05) is 79.4 Å². The number of fused-ring (bicyclic) bond motifs is 3. The van der Waals surface area contributed by atoms with Crippen LogP contribution in [0, 0.1) is 11.8 Å². The standard InChI is InChI=1S/C40H37N9O5/c1-3-35-44-38(34-22-46(24(2)50)15-16-48(34)35)28-10-5-8-26-17-32(42-19-30(26)28)27-18-43-47(20-27)23-37(52)41-14-6-9-25-7-4-11-29-31(25)21-49(40(29)54)33-12-13-36(51)45-39(33)53/h4-5,7-8,10-11,17-20,33H,3,12-16,21-23H2,1-2H3,(H,41,52)(H,45,51,53). The first-order chi connectivity index (χ1) is 26.2. The number of hydrogen-bond donors (Lipinski definition) is 2. The third kappa shape index (κ3) is 6.38. The van der Waals surface area contributed by atoms with E-state index in [2.05, 4.69) is 39.1 Å². The van der Waals surface area contributed by atoms with E-state index in [-0.39, 0.29) is 56.1 Å². The van der Waals surface area contributed by atoms with Gasteiger partial charge in [-0.25, -0.2) is 4.98 Å². The van der Waals surface area contributed by atoms with Crippen molar-refractivity contribution in [1.82, 2.24) is 44.7 Å². The number of pyridine rings is 1. The summed E-state index contributed by atoms with van der Waals surface area (Å²) in [6, 6.07) is 12.6. The molecule has 1 fully saturated rings. The lowest BCUT2D eigenvalue weighted by molar-refractivity contribution is -0.137. The van der Waals surface area contributed by atoms with Crippen molar-refractivity contribution in [3.05, 3.63) is 89.3 Å². The van der Waals surface area contributed by atoms with Gasteiger partial charge in [0.1, 0.15) is 18.4 Å². The Bertz CT molecular complexity index is 2450. The fourth-order valence-electron chi connectivity index (χ4n) is 7.50. The number of nitrogens with zero attached hydrogens (tertiary/aromatic N) is 7. The first-order valence-electron chi connectivity index (χ1n) is 18.0. The molecule has 0 aliphatic carbocycles. The van der Waals surface area contributed by atoms with Gasteiger partial charge >= 0.3 is 0 Å². The second kappa shape index (κ2) is 14.1. The maximum absolute atomic E-state index is 13.1. The van der Waals surface area contributed by atoms with Crippen molar-refractivity contribution < 1.29 is 24.0 Å². The van der Waals surface area contributed by atoms with Gasteiger partial charge in [-0.15, -0.1) is 0 Å². The van der Waals surface area contributed by atoms with Crippen LogP contribution in [0.2, 0.25) is 0 Å². The summed E-state index contributed by atoms with van der Waals surface area (Å²) in [7, 11) is 0. The van der Waals surface area contributed by atoms with Crippen molar-refractivity contribution in [2.45, 2.75) is 65.3 Å². The van der Waals surface area contributed by atoms with Crippen LogP contribution in [0.3, 0.4) is 0 Å². The Balaban J connectivity index is 0.920. The second-order valence-corrected chi connectivity index (χ2v) is 13.6. The average molecular weight is 724 g/mol. The molecule has 6 heterocycles. The van der Waals surface area contributed by atoms with Gasteiger partial charge in [0.2, 0.25) is 23.6 Å². The van der Waals surface area contributed by atoms with Gasteiger partial charge in [0.05, 0.1) is 36.4 Å². The quantitative estimate of drug-likeness (QED) is 0.191. The SMILES string of the molecule is CCc1nc(-c2cccc3cc(-c4cnn(CC(=O)NCC#Cc5cccc6c5CN(C5CCC(=O)NC5=O)C6=O)c4)ncc23)c2n1CCN(C(C)=O)C2. The molecule has 3 aromatic heterocycles. The number of aromatic nitrogens is 5. The van der Waals surface area contributed by atoms with Gasteiger partial charge in [0.15, 0.2) is 0 Å². The summed E-state index contributed by atoms with van der Waals surface area (Å²) in [5.74, 6) is 5.74. The van der Waals surface area contributed by atoms with E-state index in [4.69, 9.17) is 9.97 Å². The Labute approximate surface area is 310 Å². The van der Waals surface area contributed by atoms with E-state index in [1.807, 2.05) is 35.4 Å². The summed E-state index contributed by atoms with van der Waals surface area (Å²) in [6.07, 6.45) is 6.56. The summed E-state index contributed by atoms with van der Waals surface area (Å²) in [5, 5.41) is 11.4. The molecule has 5 amide bonds. The number of nitrogens with one attached hydrogen (secondary N) is 2. The van der Waals surface area contributed by atoms with Gasteiger partial charge in [0.25, 0.3) is 5.91 Å². The molecule has 3 aliphatic heterocycles. The van der Waals surface area contributed by atoms with E-state index in [0.29, 0.717) is 29.9 Å². The van der Waals surface area contributed by atoms with E-state index in [1.165, 1.54) is 4.90 Å². The van der Waals surface area contributed by atoms with Crippen LogP contribution < -0.4 is 10.6 Å². The lowest BCUT2D eigenvalue weighted by atomic mass is 10.0. The van der Waals surface area contributed by atoms with E-state index >= 15 is 0 Å². The summed E-state index contributed by atoms with van der Waals surface area (Å²) in [6.45, 7) is 5.90. The molecule has 54 heavy (non-hydrogen) atoms. The van der Waals surface area contributed by atoms with Crippen molar-refractivity contribution in [2.75, 3.05) is 13.1 Å². The highest BCUT2D eigenvalue weighted by molar-refractivity contribution is 6.05. The third-order valence-electron chi connectivity index (χ3n) is 10.3. The zero-order valence-electron chi connectivity index (χ0n) is 29.9. The van der Waals surface area contributed by atoms with E-state index in [1.54, 1.807) is 42.2 Å². The van der Waals surface area contributed by atoms with E-state index in [9.17, 15) is 24.0 Å². The van der Waals surface area contributed by atoms with Gasteiger partial charge in [-0.3, -0.25) is 39.0 Å². The highest BCUT2D eigenvalue weighted by Gasteiger charge is 2.39. The van der Waals surface area contributed by atoms with Crippen LogP contribution in [0.25, 0.3) is 33.3 Å². The number of rotatable bonds is 7. The Hall–Kier alpha value is -6.62. The predicted molar refractivity (Wildman–Crippen MR) is 197 cm³/mol. The van der Waals surface area contributed by atoms with Gasteiger partial charge < -0.3 is 19.7 Å². The number of imidazole rings is 1. The number of imide groups is 1.